The third-order valence-corrected chi connectivity index (χ3v) is 1.10. The predicted octanol–water partition coefficient (Wildman–Crippen LogP) is -1.24. The average molecular weight is 145 g/mol. The van der Waals surface area contributed by atoms with Crippen LogP contribution < -0.4 is 5.73 Å². The molecule has 10 heavy (non-hydrogen) atoms. The molecule has 0 aromatic rings. The van der Waals surface area contributed by atoms with Gasteiger partial charge in [0, 0.05) is 0 Å². The van der Waals surface area contributed by atoms with Crippen LogP contribution in [0.25, 0.3) is 0 Å². The quantitative estimate of drug-likeness (QED) is 0.431. The molecule has 1 unspecified atom stereocenters. The van der Waals surface area contributed by atoms with Crippen molar-refractivity contribution >= 4 is 11.9 Å². The number of carbonyl (C=O) groups is 2. The Morgan fingerprint density at radius 1 is 1.30 bits per heavy atom. The smallest absolute Gasteiger partial charge is 0.363 e. The van der Waals surface area contributed by atoms with Crippen LogP contribution in [0.3, 0.4) is 0 Å². The van der Waals surface area contributed by atoms with E-state index in [1.807, 2.05) is 0 Å². The summed E-state index contributed by atoms with van der Waals surface area (Å²) in [5.74, 6) is -1.31. The lowest BCUT2D eigenvalue weighted by molar-refractivity contribution is -0.192. The van der Waals surface area contributed by atoms with Gasteiger partial charge in [-0.25, -0.2) is 9.59 Å². The summed E-state index contributed by atoms with van der Waals surface area (Å²) in [6.45, 7) is 1.42. The van der Waals surface area contributed by atoms with Crippen molar-refractivity contribution in [2.75, 3.05) is 0 Å². The van der Waals surface area contributed by atoms with E-state index in [2.05, 4.69) is 9.47 Å². The number of nitrogens with two attached hydrogens (primary N) is 1. The van der Waals surface area contributed by atoms with Crippen molar-refractivity contribution in [3.8, 4) is 0 Å². The molecule has 0 bridgehead atoms. The molecule has 1 heterocycles. The first-order valence-corrected chi connectivity index (χ1v) is 2.78. The van der Waals surface area contributed by atoms with E-state index in [0.717, 1.165) is 0 Å². The molecule has 1 rings (SSSR count). The van der Waals surface area contributed by atoms with Gasteiger partial charge in [-0.2, -0.15) is 0 Å². The predicted molar refractivity (Wildman–Crippen MR) is 29.6 cm³/mol. The molecule has 0 saturated carbocycles. The first kappa shape index (κ1) is 7.01. The summed E-state index contributed by atoms with van der Waals surface area (Å²) >= 11 is 0. The molecule has 1 aliphatic rings. The van der Waals surface area contributed by atoms with Crippen LogP contribution in [0.15, 0.2) is 0 Å². The number of rotatable bonds is 0. The molecule has 56 valence electrons. The molecule has 5 heteroatoms. The molecular weight excluding hydrogens is 138 g/mol. The summed E-state index contributed by atoms with van der Waals surface area (Å²) in [4.78, 5) is 21.1. The van der Waals surface area contributed by atoms with Crippen LogP contribution in [0.4, 0.5) is 0 Å². The maximum Gasteiger partial charge on any atom is 0.363 e. The molecular formula is C5H7NO4. The molecule has 0 aromatic carbocycles. The minimum absolute atomic E-state index is 0.605. The van der Waals surface area contributed by atoms with Crippen LogP contribution in [-0.2, 0) is 19.1 Å². The van der Waals surface area contributed by atoms with E-state index in [4.69, 9.17) is 5.73 Å². The first-order valence-electron chi connectivity index (χ1n) is 2.78. The third-order valence-electron chi connectivity index (χ3n) is 1.10. The average Bonchev–Trinajstić information content (AvgIpc) is 1.84. The van der Waals surface area contributed by atoms with E-state index in [0.29, 0.717) is 0 Å². The zero-order chi connectivity index (χ0) is 7.72. The zero-order valence-electron chi connectivity index (χ0n) is 5.37. The van der Waals surface area contributed by atoms with E-state index < -0.39 is 24.3 Å². The van der Waals surface area contributed by atoms with Crippen LogP contribution in [-0.4, -0.2) is 24.3 Å². The summed E-state index contributed by atoms with van der Waals surface area (Å²) < 4.78 is 8.85. The van der Waals surface area contributed by atoms with Gasteiger partial charge in [0.15, 0.2) is 6.10 Å². The summed E-state index contributed by atoms with van der Waals surface area (Å²) in [7, 11) is 0. The van der Waals surface area contributed by atoms with Gasteiger partial charge in [0.05, 0.1) is 0 Å². The van der Waals surface area contributed by atoms with E-state index >= 15 is 0 Å². The van der Waals surface area contributed by atoms with Crippen molar-refractivity contribution in [1.29, 1.82) is 0 Å². The van der Waals surface area contributed by atoms with Crippen LogP contribution in [0.2, 0.25) is 0 Å². The molecule has 1 aliphatic heterocycles. The second-order valence-electron chi connectivity index (χ2n) is 1.94. The second kappa shape index (κ2) is 2.26. The van der Waals surface area contributed by atoms with E-state index in [-0.39, 0.29) is 0 Å². The van der Waals surface area contributed by atoms with Crippen molar-refractivity contribution in [2.45, 2.75) is 19.3 Å². The van der Waals surface area contributed by atoms with Gasteiger partial charge in [-0.15, -0.1) is 0 Å². The fourth-order valence-corrected chi connectivity index (χ4v) is 0.558. The number of hydrogen-bond donors (Lipinski definition) is 1. The highest BCUT2D eigenvalue weighted by molar-refractivity contribution is 5.86. The summed E-state index contributed by atoms with van der Waals surface area (Å²) in [5.41, 5.74) is 5.01. The lowest BCUT2D eigenvalue weighted by Gasteiger charge is -2.22. The Balaban J connectivity index is 2.63. The molecule has 5 nitrogen and oxygen atoms in total. The van der Waals surface area contributed by atoms with Gasteiger partial charge in [-0.05, 0) is 6.92 Å². The number of cyclic esters (lactones) is 2. The van der Waals surface area contributed by atoms with Crippen LogP contribution in [0.1, 0.15) is 6.92 Å². The number of hydrogen-bond acceptors (Lipinski definition) is 5. The Morgan fingerprint density at radius 3 is 2.40 bits per heavy atom. The van der Waals surface area contributed by atoms with Gasteiger partial charge in [-0.3, -0.25) is 5.73 Å². The Bertz CT molecular complexity index is 158. The fourth-order valence-electron chi connectivity index (χ4n) is 0.558. The maximum atomic E-state index is 10.6. The Morgan fingerprint density at radius 2 is 1.90 bits per heavy atom. The Kier molecular flexibility index (Phi) is 1.58. The molecule has 1 fully saturated rings. The first-order chi connectivity index (χ1) is 4.61. The number of ether oxygens (including phenoxy) is 2. The number of esters is 2. The summed E-state index contributed by atoms with van der Waals surface area (Å²) in [5, 5.41) is 0. The van der Waals surface area contributed by atoms with E-state index in [1.54, 1.807) is 0 Å². The van der Waals surface area contributed by atoms with Crippen molar-refractivity contribution in [3.05, 3.63) is 0 Å². The van der Waals surface area contributed by atoms with Gasteiger partial charge in [0.25, 0.3) is 0 Å². The molecule has 0 aromatic heterocycles. The fraction of sp³-hybridized carbons (Fsp3) is 0.600. The second-order valence-corrected chi connectivity index (χ2v) is 1.94. The molecule has 1 saturated heterocycles. The molecule has 0 aliphatic carbocycles. The van der Waals surface area contributed by atoms with Gasteiger partial charge >= 0.3 is 11.9 Å². The highest BCUT2D eigenvalue weighted by Gasteiger charge is 2.32. The summed E-state index contributed by atoms with van der Waals surface area (Å²) in [6, 6.07) is 0. The minimum atomic E-state index is -1.25. The normalized spacial score (nSPS) is 33.0. The molecule has 0 spiro atoms. The summed E-state index contributed by atoms with van der Waals surface area (Å²) in [6.07, 6.45) is -2.07. The topological polar surface area (TPSA) is 78.6 Å². The lowest BCUT2D eigenvalue weighted by Crippen LogP contribution is -2.47. The highest BCUT2D eigenvalue weighted by Crippen LogP contribution is 2.05. The maximum absolute atomic E-state index is 10.6. The van der Waals surface area contributed by atoms with E-state index in [1.165, 1.54) is 6.92 Å². The largest absolute Gasteiger partial charge is 0.447 e. The van der Waals surface area contributed by atoms with Crippen molar-refractivity contribution in [3.63, 3.8) is 0 Å². The van der Waals surface area contributed by atoms with Gasteiger partial charge < -0.3 is 9.47 Å². The third kappa shape index (κ3) is 1.08. The van der Waals surface area contributed by atoms with Crippen molar-refractivity contribution in [1.82, 2.24) is 0 Å². The highest BCUT2D eigenvalue weighted by atomic mass is 16.7. The van der Waals surface area contributed by atoms with Gasteiger partial charge in [0.1, 0.15) is 0 Å². The van der Waals surface area contributed by atoms with Crippen molar-refractivity contribution < 1.29 is 19.1 Å². The molecule has 2 atom stereocenters. The van der Waals surface area contributed by atoms with Crippen molar-refractivity contribution in [2.24, 2.45) is 5.73 Å². The molecule has 0 amide bonds. The molecule has 0 radical (unpaired) electrons. The SMILES string of the molecule is C[C@H]1OC(=O)C(N)OC1=O. The monoisotopic (exact) mass is 145 g/mol. The lowest BCUT2D eigenvalue weighted by atomic mass is 10.4. The Hall–Kier alpha value is -1.10. The Labute approximate surface area is 57.1 Å². The number of carbonyl (C=O) groups excluding carboxylic acids is 2. The van der Waals surface area contributed by atoms with Crippen LogP contribution in [0.5, 0.6) is 0 Å². The van der Waals surface area contributed by atoms with E-state index in [9.17, 15) is 9.59 Å². The van der Waals surface area contributed by atoms with Crippen LogP contribution in [0, 0.1) is 0 Å². The molecule has 2 N–H and O–H groups in total. The van der Waals surface area contributed by atoms with Crippen LogP contribution >= 0.6 is 0 Å². The standard InChI is InChI=1S/C5H7NO4/c1-2-4(7)10-3(6)5(8)9-2/h2-3H,6H2,1H3/t2-,3?/m1/s1. The van der Waals surface area contributed by atoms with Gasteiger partial charge in [0.2, 0.25) is 6.23 Å². The van der Waals surface area contributed by atoms with Gasteiger partial charge in [-0.1, -0.05) is 0 Å². The zero-order valence-corrected chi connectivity index (χ0v) is 5.37. The minimum Gasteiger partial charge on any atom is -0.447 e.